The van der Waals surface area contributed by atoms with E-state index < -0.39 is 5.97 Å². The summed E-state index contributed by atoms with van der Waals surface area (Å²) in [4.78, 5) is 13.4. The molecule has 0 unspecified atom stereocenters. The number of rotatable bonds is 5. The number of hydrogen-bond donors (Lipinski definition) is 3. The largest absolute Gasteiger partial charge is 0.507 e. The van der Waals surface area contributed by atoms with E-state index in [0.29, 0.717) is 29.9 Å². The number of phenolic OH excluding ortho intramolecular Hbond substituents is 2. The standard InChI is InChI=1S/C23H23ClN2O5/c1-13-21(22(31-25-13)17-10-18(24)20(28)11-19(17)27)16-4-2-3-14(9-16)12-26-7-5-15(6-8-26)23(29)30/h2-4,9-11,15,27-28H,5-8,12H2,1H3,(H,29,30). The average molecular weight is 443 g/mol. The van der Waals surface area contributed by atoms with Crippen LogP contribution < -0.4 is 0 Å². The Bertz CT molecular complexity index is 1120. The van der Waals surface area contributed by atoms with E-state index in [1.807, 2.05) is 31.2 Å². The Morgan fingerprint density at radius 1 is 1.19 bits per heavy atom. The van der Waals surface area contributed by atoms with Crippen molar-refractivity contribution in [1.82, 2.24) is 10.1 Å². The van der Waals surface area contributed by atoms with Crippen molar-refractivity contribution in [2.24, 2.45) is 5.92 Å². The molecule has 2 heterocycles. The molecule has 8 heteroatoms. The molecule has 0 atom stereocenters. The van der Waals surface area contributed by atoms with Crippen molar-refractivity contribution in [1.29, 1.82) is 0 Å². The molecular formula is C23H23ClN2O5. The van der Waals surface area contributed by atoms with E-state index in [2.05, 4.69) is 10.1 Å². The summed E-state index contributed by atoms with van der Waals surface area (Å²) in [5.41, 5.74) is 3.72. The highest BCUT2D eigenvalue weighted by molar-refractivity contribution is 6.32. The minimum Gasteiger partial charge on any atom is -0.507 e. The monoisotopic (exact) mass is 442 g/mol. The van der Waals surface area contributed by atoms with Crippen molar-refractivity contribution < 1.29 is 24.6 Å². The van der Waals surface area contributed by atoms with Gasteiger partial charge in [0.15, 0.2) is 5.76 Å². The highest BCUT2D eigenvalue weighted by Gasteiger charge is 2.25. The topological polar surface area (TPSA) is 107 Å². The van der Waals surface area contributed by atoms with Gasteiger partial charge in [0.25, 0.3) is 0 Å². The minimum absolute atomic E-state index is 0.103. The van der Waals surface area contributed by atoms with E-state index in [1.54, 1.807) is 0 Å². The fourth-order valence-electron chi connectivity index (χ4n) is 4.05. The number of carboxylic acids is 1. The van der Waals surface area contributed by atoms with E-state index in [-0.39, 0.29) is 22.4 Å². The first kappa shape index (κ1) is 21.2. The molecule has 2 aromatic carbocycles. The molecule has 0 amide bonds. The summed E-state index contributed by atoms with van der Waals surface area (Å²) in [6.45, 7) is 4.04. The Hall–Kier alpha value is -3.03. The molecule has 0 radical (unpaired) electrons. The van der Waals surface area contributed by atoms with Crippen LogP contribution in [0.4, 0.5) is 0 Å². The van der Waals surface area contributed by atoms with Crippen LogP contribution in [0.5, 0.6) is 11.5 Å². The predicted molar refractivity (Wildman–Crippen MR) is 116 cm³/mol. The lowest BCUT2D eigenvalue weighted by Gasteiger charge is -2.30. The zero-order valence-electron chi connectivity index (χ0n) is 17.0. The van der Waals surface area contributed by atoms with Crippen molar-refractivity contribution in [3.05, 3.63) is 52.7 Å². The second-order valence-corrected chi connectivity index (χ2v) is 8.29. The summed E-state index contributed by atoms with van der Waals surface area (Å²) in [5, 5.41) is 33.4. The lowest BCUT2D eigenvalue weighted by Crippen LogP contribution is -2.35. The van der Waals surface area contributed by atoms with Crippen molar-refractivity contribution in [3.8, 4) is 33.9 Å². The molecule has 31 heavy (non-hydrogen) atoms. The van der Waals surface area contributed by atoms with Crippen LogP contribution in [0.3, 0.4) is 0 Å². The molecule has 3 aromatic rings. The molecule has 0 saturated carbocycles. The van der Waals surface area contributed by atoms with Gasteiger partial charge >= 0.3 is 5.97 Å². The Kier molecular flexibility index (Phi) is 5.89. The maximum Gasteiger partial charge on any atom is 0.306 e. The summed E-state index contributed by atoms with van der Waals surface area (Å²) in [5.74, 6) is -0.966. The number of nitrogens with zero attached hydrogens (tertiary/aromatic N) is 2. The van der Waals surface area contributed by atoms with Crippen LogP contribution in [0.25, 0.3) is 22.5 Å². The zero-order chi connectivity index (χ0) is 22.1. The number of carbonyl (C=O) groups is 1. The van der Waals surface area contributed by atoms with Crippen molar-refractivity contribution in [2.45, 2.75) is 26.3 Å². The first-order chi connectivity index (χ1) is 14.8. The number of benzene rings is 2. The fraction of sp³-hybridized carbons (Fsp3) is 0.304. The molecule has 1 aliphatic rings. The van der Waals surface area contributed by atoms with Gasteiger partial charge in [0.05, 0.1) is 27.8 Å². The Balaban J connectivity index is 1.61. The third-order valence-corrected chi connectivity index (χ3v) is 6.03. The molecule has 1 aromatic heterocycles. The Morgan fingerprint density at radius 3 is 2.65 bits per heavy atom. The molecule has 1 fully saturated rings. The van der Waals surface area contributed by atoms with Gasteiger partial charge in [-0.3, -0.25) is 9.69 Å². The first-order valence-electron chi connectivity index (χ1n) is 10.1. The van der Waals surface area contributed by atoms with Gasteiger partial charge in [-0.25, -0.2) is 0 Å². The van der Waals surface area contributed by atoms with Crippen LogP contribution in [-0.4, -0.2) is 44.4 Å². The first-order valence-corrected chi connectivity index (χ1v) is 10.4. The van der Waals surface area contributed by atoms with Crippen LogP contribution in [0.15, 0.2) is 40.9 Å². The van der Waals surface area contributed by atoms with Crippen molar-refractivity contribution in [3.63, 3.8) is 0 Å². The average Bonchev–Trinajstić information content (AvgIpc) is 3.12. The minimum atomic E-state index is -0.713. The van der Waals surface area contributed by atoms with Gasteiger partial charge in [-0.1, -0.05) is 35.0 Å². The van der Waals surface area contributed by atoms with E-state index in [9.17, 15) is 20.1 Å². The summed E-state index contributed by atoms with van der Waals surface area (Å²) in [6, 6.07) is 10.6. The molecule has 0 bridgehead atoms. The van der Waals surface area contributed by atoms with Gasteiger partial charge in [-0.15, -0.1) is 0 Å². The molecule has 3 N–H and O–H groups in total. The second-order valence-electron chi connectivity index (χ2n) is 7.88. The van der Waals surface area contributed by atoms with Crippen LogP contribution in [0.2, 0.25) is 5.02 Å². The highest BCUT2D eigenvalue weighted by Crippen LogP contribution is 2.42. The summed E-state index contributed by atoms with van der Waals surface area (Å²) < 4.78 is 5.52. The number of aliphatic carboxylic acids is 1. The third-order valence-electron chi connectivity index (χ3n) is 5.73. The van der Waals surface area contributed by atoms with Crippen LogP contribution >= 0.6 is 11.6 Å². The predicted octanol–water partition coefficient (Wildman–Crippen LogP) is 4.68. The van der Waals surface area contributed by atoms with Crippen LogP contribution in [0, 0.1) is 12.8 Å². The smallest absolute Gasteiger partial charge is 0.306 e. The quantitative estimate of drug-likeness (QED) is 0.526. The summed E-state index contributed by atoms with van der Waals surface area (Å²) in [7, 11) is 0. The van der Waals surface area contributed by atoms with Gasteiger partial charge in [0.2, 0.25) is 0 Å². The number of aryl methyl sites for hydroxylation is 1. The molecule has 1 saturated heterocycles. The number of hydrogen-bond acceptors (Lipinski definition) is 6. The van der Waals surface area contributed by atoms with E-state index in [4.69, 9.17) is 16.1 Å². The molecule has 4 rings (SSSR count). The number of phenols is 2. The van der Waals surface area contributed by atoms with Crippen molar-refractivity contribution in [2.75, 3.05) is 13.1 Å². The summed E-state index contributed by atoms with van der Waals surface area (Å²) >= 11 is 6.04. The molecular weight excluding hydrogens is 420 g/mol. The van der Waals surface area contributed by atoms with E-state index >= 15 is 0 Å². The molecule has 1 aliphatic heterocycles. The number of halogens is 1. The number of likely N-dealkylation sites (tertiary alicyclic amines) is 1. The van der Waals surface area contributed by atoms with Gasteiger partial charge in [-0.05, 0) is 56.1 Å². The van der Waals surface area contributed by atoms with Gasteiger partial charge < -0.3 is 19.8 Å². The second kappa shape index (κ2) is 8.61. The van der Waals surface area contributed by atoms with Crippen LogP contribution in [0.1, 0.15) is 24.1 Å². The molecule has 162 valence electrons. The van der Waals surface area contributed by atoms with Gasteiger partial charge in [-0.2, -0.15) is 0 Å². The maximum absolute atomic E-state index is 11.2. The SMILES string of the molecule is Cc1noc(-c2cc(Cl)c(O)cc2O)c1-c1cccc(CN2CCC(C(=O)O)CC2)c1. The number of aromatic hydroxyl groups is 2. The lowest BCUT2D eigenvalue weighted by molar-refractivity contribution is -0.143. The third kappa shape index (κ3) is 4.38. The normalized spacial score (nSPS) is 15.3. The molecule has 0 aliphatic carbocycles. The van der Waals surface area contributed by atoms with E-state index in [0.717, 1.165) is 36.3 Å². The Morgan fingerprint density at radius 2 is 1.94 bits per heavy atom. The molecule has 0 spiro atoms. The summed E-state index contributed by atoms with van der Waals surface area (Å²) in [6.07, 6.45) is 1.32. The maximum atomic E-state index is 11.2. The number of piperidine rings is 1. The zero-order valence-corrected chi connectivity index (χ0v) is 17.8. The van der Waals surface area contributed by atoms with E-state index in [1.165, 1.54) is 12.1 Å². The van der Waals surface area contributed by atoms with Gasteiger partial charge in [0, 0.05) is 12.6 Å². The lowest BCUT2D eigenvalue weighted by atomic mass is 9.95. The number of carboxylic acid groups (broad SMARTS) is 1. The number of aromatic nitrogens is 1. The molecule has 7 nitrogen and oxygen atoms in total. The van der Waals surface area contributed by atoms with Gasteiger partial charge in [0.1, 0.15) is 11.5 Å². The fourth-order valence-corrected chi connectivity index (χ4v) is 4.21. The van der Waals surface area contributed by atoms with Crippen LogP contribution in [-0.2, 0) is 11.3 Å². The Labute approximate surface area is 184 Å². The van der Waals surface area contributed by atoms with Crippen molar-refractivity contribution >= 4 is 17.6 Å². The highest BCUT2D eigenvalue weighted by atomic mass is 35.5.